The molecular formula is C6H13ClSi. The molecule has 1 fully saturated rings. The molecule has 1 atom stereocenters. The highest BCUT2D eigenvalue weighted by atomic mass is 35.6. The Balaban J connectivity index is 2.24. The fraction of sp³-hybridized carbons (Fsp3) is 1.00. The lowest BCUT2D eigenvalue weighted by molar-refractivity contribution is 0.865. The highest BCUT2D eigenvalue weighted by molar-refractivity contribution is 7.07. The van der Waals surface area contributed by atoms with Gasteiger partial charge >= 0.3 is 0 Å². The molecule has 0 aliphatic heterocycles. The smallest absolute Gasteiger partial charge is 0.141 e. The minimum atomic E-state index is -0.751. The van der Waals surface area contributed by atoms with Crippen LogP contribution in [0.5, 0.6) is 0 Å². The van der Waals surface area contributed by atoms with Crippen LogP contribution in [-0.4, -0.2) is 8.11 Å². The van der Waals surface area contributed by atoms with Gasteiger partial charge in [-0.1, -0.05) is 32.2 Å². The van der Waals surface area contributed by atoms with Gasteiger partial charge in [0.15, 0.2) is 0 Å². The van der Waals surface area contributed by atoms with E-state index in [1.807, 2.05) is 0 Å². The first-order valence-corrected chi connectivity index (χ1v) is 7.01. The van der Waals surface area contributed by atoms with E-state index < -0.39 is 8.11 Å². The van der Waals surface area contributed by atoms with Crippen LogP contribution in [0.4, 0.5) is 0 Å². The van der Waals surface area contributed by atoms with Crippen LogP contribution in [0, 0.1) is 0 Å². The van der Waals surface area contributed by atoms with Crippen molar-refractivity contribution in [3.05, 3.63) is 0 Å². The summed E-state index contributed by atoms with van der Waals surface area (Å²) in [7, 11) is -0.751. The average molecular weight is 149 g/mol. The molecule has 2 heteroatoms. The molecule has 1 aliphatic rings. The van der Waals surface area contributed by atoms with Crippen molar-refractivity contribution in [2.75, 3.05) is 0 Å². The summed E-state index contributed by atoms with van der Waals surface area (Å²) in [5.41, 5.74) is 0.969. The third-order valence-electron chi connectivity index (χ3n) is 2.05. The van der Waals surface area contributed by atoms with E-state index in [-0.39, 0.29) is 0 Å². The lowest BCUT2D eigenvalue weighted by atomic mass is 10.4. The van der Waals surface area contributed by atoms with Gasteiger partial charge in [0.1, 0.15) is 8.11 Å². The van der Waals surface area contributed by atoms with Gasteiger partial charge in [-0.3, -0.25) is 0 Å². The molecular weight excluding hydrogens is 136 g/mol. The summed E-state index contributed by atoms with van der Waals surface area (Å²) in [5.74, 6) is 0. The lowest BCUT2D eigenvalue weighted by Crippen LogP contribution is -2.04. The van der Waals surface area contributed by atoms with Crippen LogP contribution in [0.2, 0.25) is 12.1 Å². The average Bonchev–Trinajstić information content (AvgIpc) is 2.12. The molecule has 1 saturated carbocycles. The molecule has 0 N–H and O–H groups in total. The summed E-state index contributed by atoms with van der Waals surface area (Å²) in [5, 5.41) is 0. The Hall–Kier alpha value is 0.507. The molecule has 0 amide bonds. The Labute approximate surface area is 57.5 Å². The minimum Gasteiger partial charge on any atom is -0.172 e. The van der Waals surface area contributed by atoms with Crippen LogP contribution < -0.4 is 0 Å². The summed E-state index contributed by atoms with van der Waals surface area (Å²) in [6.45, 7) is 2.25. The molecule has 0 aromatic carbocycles. The van der Waals surface area contributed by atoms with E-state index >= 15 is 0 Å². The van der Waals surface area contributed by atoms with Crippen LogP contribution in [0.15, 0.2) is 0 Å². The molecule has 0 bridgehead atoms. The zero-order chi connectivity index (χ0) is 5.98. The van der Waals surface area contributed by atoms with Gasteiger partial charge in [0.05, 0.1) is 0 Å². The van der Waals surface area contributed by atoms with Gasteiger partial charge in [-0.2, -0.15) is 11.1 Å². The summed E-state index contributed by atoms with van der Waals surface area (Å²) in [6, 6.07) is 0. The zero-order valence-electron chi connectivity index (χ0n) is 5.36. The normalized spacial score (nSPS) is 26.2. The van der Waals surface area contributed by atoms with Crippen LogP contribution in [0.3, 0.4) is 0 Å². The number of hydrogen-bond acceptors (Lipinski definition) is 0. The van der Waals surface area contributed by atoms with Crippen LogP contribution in [-0.2, 0) is 0 Å². The van der Waals surface area contributed by atoms with E-state index in [9.17, 15) is 0 Å². The fourth-order valence-corrected chi connectivity index (χ4v) is 3.56. The molecule has 1 aliphatic carbocycles. The van der Waals surface area contributed by atoms with Crippen LogP contribution in [0.1, 0.15) is 25.7 Å². The largest absolute Gasteiger partial charge is 0.172 e. The summed E-state index contributed by atoms with van der Waals surface area (Å²) >= 11 is 6.02. The van der Waals surface area contributed by atoms with Crippen molar-refractivity contribution in [1.29, 1.82) is 0 Å². The second kappa shape index (κ2) is 2.88. The molecule has 1 rings (SSSR count). The first kappa shape index (κ1) is 6.62. The first-order valence-electron chi connectivity index (χ1n) is 3.45. The van der Waals surface area contributed by atoms with Crippen molar-refractivity contribution in [2.24, 2.45) is 0 Å². The second-order valence-corrected chi connectivity index (χ2v) is 7.09. The highest BCUT2D eigenvalue weighted by Gasteiger charge is 2.20. The number of rotatable bonds is 1. The Morgan fingerprint density at radius 2 is 1.88 bits per heavy atom. The predicted octanol–water partition coefficient (Wildman–Crippen LogP) is 2.52. The summed E-state index contributed by atoms with van der Waals surface area (Å²) in [4.78, 5) is 0. The zero-order valence-corrected chi connectivity index (χ0v) is 7.27. The highest BCUT2D eigenvalue weighted by Crippen LogP contribution is 2.33. The molecule has 0 radical (unpaired) electrons. The van der Waals surface area contributed by atoms with Crippen molar-refractivity contribution in [3.8, 4) is 0 Å². The predicted molar refractivity (Wildman–Crippen MR) is 41.1 cm³/mol. The molecule has 1 unspecified atom stereocenters. The Morgan fingerprint density at radius 1 is 1.38 bits per heavy atom. The molecule has 8 heavy (non-hydrogen) atoms. The first-order chi connectivity index (χ1) is 3.80. The van der Waals surface area contributed by atoms with Gasteiger partial charge in [0.2, 0.25) is 0 Å². The molecule has 48 valence electrons. The topological polar surface area (TPSA) is 0 Å². The van der Waals surface area contributed by atoms with Gasteiger partial charge in [-0.05, 0) is 5.54 Å². The number of halogens is 1. The maximum atomic E-state index is 6.02. The van der Waals surface area contributed by atoms with Crippen LogP contribution in [0.25, 0.3) is 0 Å². The third kappa shape index (κ3) is 1.49. The summed E-state index contributed by atoms with van der Waals surface area (Å²) in [6.07, 6.45) is 5.73. The van der Waals surface area contributed by atoms with E-state index in [0.717, 1.165) is 5.54 Å². The molecule has 0 aromatic rings. The SMILES string of the molecule is C[SiH](Cl)C1CCCC1. The Kier molecular flexibility index (Phi) is 2.38. The van der Waals surface area contributed by atoms with Crippen molar-refractivity contribution in [2.45, 2.75) is 37.8 Å². The van der Waals surface area contributed by atoms with E-state index in [2.05, 4.69) is 6.55 Å². The van der Waals surface area contributed by atoms with E-state index in [4.69, 9.17) is 11.1 Å². The fourth-order valence-electron chi connectivity index (χ4n) is 1.42. The monoisotopic (exact) mass is 148 g/mol. The van der Waals surface area contributed by atoms with E-state index in [1.165, 1.54) is 25.7 Å². The Morgan fingerprint density at radius 3 is 2.12 bits per heavy atom. The third-order valence-corrected chi connectivity index (χ3v) is 5.08. The standard InChI is InChI=1S/C6H13ClSi/c1-8(7)6-4-2-3-5-6/h6,8H,2-5H2,1H3. The number of hydrogen-bond donors (Lipinski definition) is 0. The molecule has 0 spiro atoms. The maximum absolute atomic E-state index is 6.02. The lowest BCUT2D eigenvalue weighted by Gasteiger charge is -2.07. The molecule has 0 heterocycles. The van der Waals surface area contributed by atoms with Crippen molar-refractivity contribution < 1.29 is 0 Å². The maximum Gasteiger partial charge on any atom is 0.141 e. The minimum absolute atomic E-state index is 0.751. The van der Waals surface area contributed by atoms with Gasteiger partial charge in [0, 0.05) is 0 Å². The quantitative estimate of drug-likeness (QED) is 0.396. The van der Waals surface area contributed by atoms with Crippen LogP contribution >= 0.6 is 11.1 Å². The van der Waals surface area contributed by atoms with Crippen molar-refractivity contribution in [1.82, 2.24) is 0 Å². The van der Waals surface area contributed by atoms with Gasteiger partial charge in [-0.15, -0.1) is 0 Å². The van der Waals surface area contributed by atoms with Crippen molar-refractivity contribution >= 4 is 19.2 Å². The molecule has 0 saturated heterocycles. The van der Waals surface area contributed by atoms with Gasteiger partial charge in [0.25, 0.3) is 0 Å². The molecule has 0 nitrogen and oxygen atoms in total. The van der Waals surface area contributed by atoms with Crippen molar-refractivity contribution in [3.63, 3.8) is 0 Å². The van der Waals surface area contributed by atoms with Gasteiger partial charge < -0.3 is 0 Å². The van der Waals surface area contributed by atoms with E-state index in [0.29, 0.717) is 0 Å². The molecule has 0 aromatic heterocycles. The Bertz CT molecular complexity index is 66.9. The van der Waals surface area contributed by atoms with E-state index in [1.54, 1.807) is 0 Å². The second-order valence-electron chi connectivity index (χ2n) is 2.72. The summed E-state index contributed by atoms with van der Waals surface area (Å²) < 4.78 is 0. The van der Waals surface area contributed by atoms with Gasteiger partial charge in [-0.25, -0.2) is 0 Å².